The summed E-state index contributed by atoms with van der Waals surface area (Å²) in [5.74, 6) is -0.952. The molecule has 0 spiro atoms. The highest BCUT2D eigenvalue weighted by Crippen LogP contribution is 2.33. The van der Waals surface area contributed by atoms with Gasteiger partial charge in [-0.15, -0.1) is 0 Å². The minimum absolute atomic E-state index is 0.00533. The van der Waals surface area contributed by atoms with Crippen LogP contribution in [0.3, 0.4) is 0 Å². The average molecular weight is 423 g/mol. The van der Waals surface area contributed by atoms with Crippen molar-refractivity contribution in [2.24, 2.45) is 11.8 Å². The molecule has 0 radical (unpaired) electrons. The lowest BCUT2D eigenvalue weighted by Crippen LogP contribution is -2.20. The van der Waals surface area contributed by atoms with Crippen LogP contribution in [0, 0.1) is 11.8 Å². The van der Waals surface area contributed by atoms with Gasteiger partial charge in [-0.25, -0.2) is 0 Å². The van der Waals surface area contributed by atoms with Crippen molar-refractivity contribution in [3.05, 3.63) is 53.6 Å². The van der Waals surface area contributed by atoms with Crippen molar-refractivity contribution < 1.29 is 29.6 Å². The van der Waals surface area contributed by atoms with E-state index in [9.17, 15) is 19.8 Å². The number of unbranched alkanes of at least 4 members (excludes halogenated alkanes) is 1. The molecule has 3 N–H and O–H groups in total. The Morgan fingerprint density at radius 2 is 2.00 bits per heavy atom. The number of carbonyl (C=O) groups excluding carboxylic acids is 1. The molecule has 0 amide bonds. The van der Waals surface area contributed by atoms with Crippen LogP contribution in [0.15, 0.2) is 48.6 Å². The van der Waals surface area contributed by atoms with Gasteiger partial charge in [-0.2, -0.15) is 0 Å². The molecule has 158 valence electrons. The average Bonchev–Trinajstić information content (AvgIpc) is 2.94. The number of carboxylic acid groups (broad SMARTS) is 1. The Bertz CT molecular complexity index is 727. The van der Waals surface area contributed by atoms with Gasteiger partial charge >= 0.3 is 5.97 Å². The highest BCUT2D eigenvalue weighted by atomic mass is 35.5. The van der Waals surface area contributed by atoms with Crippen molar-refractivity contribution >= 4 is 23.4 Å². The SMILES string of the molecule is O=C(O)CCC/C=C\C[C@H]1C(=O)C[C@@H](O)C1/C=C/C(O)COc1ccc(Cl)cc1. The normalized spacial score (nSPS) is 23.1. The number of aliphatic hydroxyl groups is 2. The van der Waals surface area contributed by atoms with Crippen molar-refractivity contribution in [1.82, 2.24) is 0 Å². The minimum Gasteiger partial charge on any atom is -0.491 e. The standard InChI is InChI=1S/C22H27ClO6/c23-15-7-10-17(11-8-15)29-14-16(24)9-12-19-18(20(25)13-21(19)26)5-3-1-2-4-6-22(27)28/h1,3,7-12,16,18-19,21,24,26H,2,4-6,13-14H2,(H,27,28)/b3-1-,12-9+/t16?,18-,19?,21-/m1/s1. The molecule has 1 saturated carbocycles. The van der Waals surface area contributed by atoms with Gasteiger partial charge < -0.3 is 20.1 Å². The van der Waals surface area contributed by atoms with Crippen molar-refractivity contribution in [2.45, 2.75) is 44.3 Å². The van der Waals surface area contributed by atoms with Crippen LogP contribution in [0.5, 0.6) is 5.75 Å². The summed E-state index contributed by atoms with van der Waals surface area (Å²) in [6, 6.07) is 6.80. The third-order valence-electron chi connectivity index (χ3n) is 4.84. The van der Waals surface area contributed by atoms with Crippen LogP contribution in [-0.4, -0.2) is 45.9 Å². The molecule has 1 fully saturated rings. The van der Waals surface area contributed by atoms with E-state index in [1.54, 1.807) is 36.4 Å². The van der Waals surface area contributed by atoms with Crippen molar-refractivity contribution in [1.29, 1.82) is 0 Å². The fraction of sp³-hybridized carbons (Fsp3) is 0.455. The first kappa shape index (κ1) is 23.1. The molecule has 6 nitrogen and oxygen atoms in total. The van der Waals surface area contributed by atoms with E-state index in [-0.39, 0.29) is 37.1 Å². The van der Waals surface area contributed by atoms with Gasteiger partial charge in [0.1, 0.15) is 24.2 Å². The quantitative estimate of drug-likeness (QED) is 0.373. The lowest BCUT2D eigenvalue weighted by molar-refractivity contribution is -0.137. The predicted octanol–water partition coefficient (Wildman–Crippen LogP) is 3.40. The number of carbonyl (C=O) groups is 2. The lowest BCUT2D eigenvalue weighted by atomic mass is 9.90. The van der Waals surface area contributed by atoms with E-state index in [4.69, 9.17) is 21.4 Å². The van der Waals surface area contributed by atoms with Gasteiger partial charge in [-0.3, -0.25) is 9.59 Å². The van der Waals surface area contributed by atoms with Crippen molar-refractivity contribution in [3.8, 4) is 5.75 Å². The molecule has 4 atom stereocenters. The molecule has 7 heteroatoms. The number of rotatable bonds is 11. The number of hydrogen-bond acceptors (Lipinski definition) is 5. The summed E-state index contributed by atoms with van der Waals surface area (Å²) < 4.78 is 5.49. The fourth-order valence-electron chi connectivity index (χ4n) is 3.28. The van der Waals surface area contributed by atoms with E-state index >= 15 is 0 Å². The molecule has 1 aliphatic carbocycles. The molecule has 29 heavy (non-hydrogen) atoms. The van der Waals surface area contributed by atoms with E-state index in [1.165, 1.54) is 0 Å². The maximum absolute atomic E-state index is 12.2. The van der Waals surface area contributed by atoms with Crippen LogP contribution in [0.2, 0.25) is 5.02 Å². The van der Waals surface area contributed by atoms with Gasteiger partial charge in [0, 0.05) is 29.7 Å². The Kier molecular flexibility index (Phi) is 9.38. The second kappa shape index (κ2) is 11.8. The number of aliphatic carboxylic acids is 1. The van der Waals surface area contributed by atoms with Crippen LogP contribution >= 0.6 is 11.6 Å². The molecule has 1 aromatic carbocycles. The fourth-order valence-corrected chi connectivity index (χ4v) is 3.41. The number of hydrogen-bond donors (Lipinski definition) is 3. The zero-order valence-corrected chi connectivity index (χ0v) is 16.9. The summed E-state index contributed by atoms with van der Waals surface area (Å²) in [7, 11) is 0. The third kappa shape index (κ3) is 8.01. The molecule has 0 heterocycles. The number of aliphatic hydroxyl groups excluding tert-OH is 2. The second-order valence-electron chi connectivity index (χ2n) is 7.13. The molecule has 2 rings (SSSR count). The van der Waals surface area contributed by atoms with Crippen molar-refractivity contribution in [2.75, 3.05) is 6.61 Å². The first-order chi connectivity index (χ1) is 13.9. The van der Waals surface area contributed by atoms with Crippen LogP contribution < -0.4 is 4.74 Å². The summed E-state index contributed by atoms with van der Waals surface area (Å²) in [5.41, 5.74) is 0. The molecule has 1 aromatic rings. The third-order valence-corrected chi connectivity index (χ3v) is 5.09. The molecule has 0 bridgehead atoms. The number of Topliss-reactive ketones (excluding diaryl/α,β-unsaturated/α-hetero) is 1. The number of halogens is 1. The largest absolute Gasteiger partial charge is 0.491 e. The Morgan fingerprint density at radius 3 is 2.69 bits per heavy atom. The zero-order valence-electron chi connectivity index (χ0n) is 16.1. The van der Waals surface area contributed by atoms with E-state index < -0.39 is 18.2 Å². The van der Waals surface area contributed by atoms with Gasteiger partial charge in [0.25, 0.3) is 0 Å². The number of allylic oxidation sites excluding steroid dienone is 2. The maximum Gasteiger partial charge on any atom is 0.303 e. The van der Waals surface area contributed by atoms with Gasteiger partial charge in [0.2, 0.25) is 0 Å². The summed E-state index contributed by atoms with van der Waals surface area (Å²) in [4.78, 5) is 22.7. The monoisotopic (exact) mass is 422 g/mol. The minimum atomic E-state index is -0.874. The summed E-state index contributed by atoms with van der Waals surface area (Å²) in [5, 5.41) is 29.5. The number of benzene rings is 1. The van der Waals surface area contributed by atoms with Crippen LogP contribution in [0.25, 0.3) is 0 Å². The van der Waals surface area contributed by atoms with Gasteiger partial charge in [0.15, 0.2) is 0 Å². The number of ketones is 1. The summed E-state index contributed by atoms with van der Waals surface area (Å²) in [6.07, 6.45) is 7.22. The molecular formula is C22H27ClO6. The molecule has 0 aliphatic heterocycles. The first-order valence-electron chi connectivity index (χ1n) is 9.69. The highest BCUT2D eigenvalue weighted by molar-refractivity contribution is 6.30. The van der Waals surface area contributed by atoms with Gasteiger partial charge in [-0.05, 0) is 43.5 Å². The first-order valence-corrected chi connectivity index (χ1v) is 10.1. The lowest BCUT2D eigenvalue weighted by Gasteiger charge is -2.17. The molecule has 0 aromatic heterocycles. The van der Waals surface area contributed by atoms with E-state index in [2.05, 4.69) is 0 Å². The van der Waals surface area contributed by atoms with E-state index in [1.807, 2.05) is 12.2 Å². The number of ether oxygens (including phenoxy) is 1. The molecular weight excluding hydrogens is 396 g/mol. The van der Waals surface area contributed by atoms with E-state index in [0.717, 1.165) is 0 Å². The zero-order chi connectivity index (χ0) is 21.2. The summed E-state index contributed by atoms with van der Waals surface area (Å²) >= 11 is 5.81. The smallest absolute Gasteiger partial charge is 0.303 e. The summed E-state index contributed by atoms with van der Waals surface area (Å²) in [6.45, 7) is 0.0447. The van der Waals surface area contributed by atoms with Gasteiger partial charge in [0.05, 0.1) is 6.10 Å². The number of carboxylic acids is 1. The van der Waals surface area contributed by atoms with Crippen LogP contribution in [-0.2, 0) is 9.59 Å². The van der Waals surface area contributed by atoms with Crippen LogP contribution in [0.4, 0.5) is 0 Å². The topological polar surface area (TPSA) is 104 Å². The van der Waals surface area contributed by atoms with E-state index in [0.29, 0.717) is 30.0 Å². The molecule has 1 aliphatic rings. The second-order valence-corrected chi connectivity index (χ2v) is 7.57. The predicted molar refractivity (Wildman–Crippen MR) is 110 cm³/mol. The van der Waals surface area contributed by atoms with Crippen molar-refractivity contribution in [3.63, 3.8) is 0 Å². The Labute approximate surface area is 175 Å². The van der Waals surface area contributed by atoms with Gasteiger partial charge in [-0.1, -0.05) is 35.9 Å². The molecule has 0 saturated heterocycles. The highest BCUT2D eigenvalue weighted by Gasteiger charge is 2.39. The Balaban J connectivity index is 1.83. The van der Waals surface area contributed by atoms with Crippen LogP contribution in [0.1, 0.15) is 32.1 Å². The Hall–Kier alpha value is -2.15. The Morgan fingerprint density at radius 1 is 1.28 bits per heavy atom. The maximum atomic E-state index is 12.2. The molecule has 2 unspecified atom stereocenters.